The number of aliphatic imine (C=N–C) groups is 1. The number of benzene rings is 1. The predicted molar refractivity (Wildman–Crippen MR) is 98.1 cm³/mol. The van der Waals surface area contributed by atoms with Crippen LogP contribution in [0, 0.1) is 5.82 Å². The molecule has 2 rings (SSSR count). The van der Waals surface area contributed by atoms with Crippen LogP contribution in [0.3, 0.4) is 0 Å². The molecule has 0 aliphatic heterocycles. The SMILES string of the molecule is CCNC(=NCc1ccc(F)c(Cl)c1)NCC(C)(O)c1ccsc1. The van der Waals surface area contributed by atoms with Crippen LogP contribution in [0.1, 0.15) is 25.0 Å². The van der Waals surface area contributed by atoms with Crippen molar-refractivity contribution in [3.63, 3.8) is 0 Å². The molecule has 1 unspecified atom stereocenters. The van der Waals surface area contributed by atoms with Crippen molar-refractivity contribution in [1.82, 2.24) is 10.6 Å². The zero-order chi connectivity index (χ0) is 17.6. The maximum atomic E-state index is 13.2. The van der Waals surface area contributed by atoms with Crippen LogP contribution in [0.15, 0.2) is 40.0 Å². The van der Waals surface area contributed by atoms with E-state index in [1.807, 2.05) is 23.8 Å². The molecule has 0 spiro atoms. The number of hydrogen-bond donors (Lipinski definition) is 3. The van der Waals surface area contributed by atoms with Gasteiger partial charge in [-0.15, -0.1) is 0 Å². The summed E-state index contributed by atoms with van der Waals surface area (Å²) < 4.78 is 13.2. The Morgan fingerprint density at radius 1 is 1.38 bits per heavy atom. The van der Waals surface area contributed by atoms with Crippen molar-refractivity contribution in [2.45, 2.75) is 26.0 Å². The van der Waals surface area contributed by atoms with Crippen molar-refractivity contribution in [2.75, 3.05) is 13.1 Å². The summed E-state index contributed by atoms with van der Waals surface area (Å²) in [6.07, 6.45) is 0. The largest absolute Gasteiger partial charge is 0.384 e. The summed E-state index contributed by atoms with van der Waals surface area (Å²) in [7, 11) is 0. The third-order valence-electron chi connectivity index (χ3n) is 3.49. The Balaban J connectivity index is 2.01. The highest BCUT2D eigenvalue weighted by Crippen LogP contribution is 2.22. The first kappa shape index (κ1) is 18.7. The minimum Gasteiger partial charge on any atom is -0.384 e. The average Bonchev–Trinajstić information content (AvgIpc) is 3.09. The number of halogens is 2. The van der Waals surface area contributed by atoms with Crippen molar-refractivity contribution in [3.05, 3.63) is 57.0 Å². The Morgan fingerprint density at radius 2 is 2.17 bits per heavy atom. The van der Waals surface area contributed by atoms with Gasteiger partial charge >= 0.3 is 0 Å². The lowest BCUT2D eigenvalue weighted by molar-refractivity contribution is 0.0621. The third-order valence-corrected chi connectivity index (χ3v) is 4.46. The molecule has 0 aliphatic rings. The fourth-order valence-corrected chi connectivity index (χ4v) is 3.06. The number of guanidine groups is 1. The molecule has 1 heterocycles. The lowest BCUT2D eigenvalue weighted by atomic mass is 9.99. The zero-order valence-corrected chi connectivity index (χ0v) is 15.2. The van der Waals surface area contributed by atoms with Crippen molar-refractivity contribution < 1.29 is 9.50 Å². The van der Waals surface area contributed by atoms with E-state index >= 15 is 0 Å². The van der Waals surface area contributed by atoms with E-state index in [4.69, 9.17) is 11.6 Å². The normalized spacial score (nSPS) is 14.3. The molecule has 0 bridgehead atoms. The van der Waals surface area contributed by atoms with Crippen molar-refractivity contribution in [1.29, 1.82) is 0 Å². The Labute approximate surface area is 150 Å². The lowest BCUT2D eigenvalue weighted by Gasteiger charge is -2.24. The topological polar surface area (TPSA) is 56.7 Å². The van der Waals surface area contributed by atoms with Gasteiger partial charge in [-0.25, -0.2) is 9.38 Å². The van der Waals surface area contributed by atoms with Gasteiger partial charge in [0.2, 0.25) is 0 Å². The molecule has 0 amide bonds. The van der Waals surface area contributed by atoms with Gasteiger partial charge in [-0.2, -0.15) is 11.3 Å². The van der Waals surface area contributed by atoms with Gasteiger partial charge in [0.1, 0.15) is 11.4 Å². The van der Waals surface area contributed by atoms with E-state index in [2.05, 4.69) is 15.6 Å². The first-order valence-electron chi connectivity index (χ1n) is 7.63. The first-order chi connectivity index (χ1) is 11.4. The van der Waals surface area contributed by atoms with Crippen LogP contribution >= 0.6 is 22.9 Å². The molecule has 0 saturated carbocycles. The molecule has 0 fully saturated rings. The van der Waals surface area contributed by atoms with E-state index < -0.39 is 11.4 Å². The smallest absolute Gasteiger partial charge is 0.191 e. The molecular formula is C17H21ClFN3OS. The van der Waals surface area contributed by atoms with Gasteiger partial charge in [0, 0.05) is 6.54 Å². The maximum Gasteiger partial charge on any atom is 0.191 e. The van der Waals surface area contributed by atoms with Crippen LogP contribution in [-0.4, -0.2) is 24.2 Å². The Kier molecular flexibility index (Phi) is 6.60. The molecule has 0 aliphatic carbocycles. The molecule has 1 aromatic carbocycles. The van der Waals surface area contributed by atoms with E-state index in [1.54, 1.807) is 30.4 Å². The highest BCUT2D eigenvalue weighted by atomic mass is 35.5. The van der Waals surface area contributed by atoms with Crippen molar-refractivity contribution >= 4 is 28.9 Å². The first-order valence-corrected chi connectivity index (χ1v) is 8.95. The van der Waals surface area contributed by atoms with Crippen LogP contribution in [0.5, 0.6) is 0 Å². The summed E-state index contributed by atoms with van der Waals surface area (Å²) in [5, 5.41) is 20.7. The molecule has 24 heavy (non-hydrogen) atoms. The fourth-order valence-electron chi connectivity index (χ4n) is 2.08. The molecule has 2 aromatic rings. The minimum atomic E-state index is -0.991. The quantitative estimate of drug-likeness (QED) is 0.539. The molecule has 3 N–H and O–H groups in total. The van der Waals surface area contributed by atoms with Gasteiger partial charge in [0.15, 0.2) is 5.96 Å². The van der Waals surface area contributed by atoms with Crippen LogP contribution in [0.4, 0.5) is 4.39 Å². The summed E-state index contributed by atoms with van der Waals surface area (Å²) in [5.41, 5.74) is 0.680. The number of thiophene rings is 1. The van der Waals surface area contributed by atoms with Crippen molar-refractivity contribution in [2.24, 2.45) is 4.99 Å². The van der Waals surface area contributed by atoms with E-state index in [9.17, 15) is 9.50 Å². The van der Waals surface area contributed by atoms with Gasteiger partial charge in [-0.05, 0) is 53.9 Å². The highest BCUT2D eigenvalue weighted by molar-refractivity contribution is 7.08. The molecule has 1 aromatic heterocycles. The summed E-state index contributed by atoms with van der Waals surface area (Å²) in [5.74, 6) is 0.134. The summed E-state index contributed by atoms with van der Waals surface area (Å²) in [4.78, 5) is 4.44. The van der Waals surface area contributed by atoms with Crippen LogP contribution in [0.2, 0.25) is 5.02 Å². The minimum absolute atomic E-state index is 0.0843. The second kappa shape index (κ2) is 8.46. The standard InChI is InChI=1S/C17H21ClFN3OS/c1-3-20-16(21-9-12-4-5-15(19)14(18)8-12)22-11-17(2,23)13-6-7-24-10-13/h4-8,10,23H,3,9,11H2,1-2H3,(H2,20,21,22). The predicted octanol–water partition coefficient (Wildman–Crippen LogP) is 3.50. The van der Waals surface area contributed by atoms with E-state index in [-0.39, 0.29) is 5.02 Å². The molecule has 0 radical (unpaired) electrons. The molecule has 7 heteroatoms. The van der Waals surface area contributed by atoms with Crippen LogP contribution < -0.4 is 10.6 Å². The van der Waals surface area contributed by atoms with Crippen LogP contribution in [0.25, 0.3) is 0 Å². The highest BCUT2D eigenvalue weighted by Gasteiger charge is 2.23. The maximum absolute atomic E-state index is 13.2. The number of nitrogens with one attached hydrogen (secondary N) is 2. The second-order valence-electron chi connectivity index (χ2n) is 5.58. The fraction of sp³-hybridized carbons (Fsp3) is 0.353. The molecular weight excluding hydrogens is 349 g/mol. The molecule has 130 valence electrons. The third kappa shape index (κ3) is 5.19. The molecule has 0 saturated heterocycles. The van der Waals surface area contributed by atoms with Gasteiger partial charge in [-0.3, -0.25) is 0 Å². The van der Waals surface area contributed by atoms with E-state index in [0.717, 1.165) is 11.1 Å². The monoisotopic (exact) mass is 369 g/mol. The molecule has 1 atom stereocenters. The summed E-state index contributed by atoms with van der Waals surface area (Å²) in [6.45, 7) is 5.08. The van der Waals surface area contributed by atoms with Gasteiger partial charge in [0.05, 0.1) is 18.1 Å². The Hall–Kier alpha value is -1.63. The van der Waals surface area contributed by atoms with E-state index in [1.165, 1.54) is 6.07 Å². The Bertz CT molecular complexity index is 689. The van der Waals surface area contributed by atoms with E-state index in [0.29, 0.717) is 25.6 Å². The number of nitrogens with zero attached hydrogens (tertiary/aromatic N) is 1. The Morgan fingerprint density at radius 3 is 2.79 bits per heavy atom. The number of hydrogen-bond acceptors (Lipinski definition) is 3. The second-order valence-corrected chi connectivity index (χ2v) is 6.77. The van der Waals surface area contributed by atoms with Crippen molar-refractivity contribution in [3.8, 4) is 0 Å². The van der Waals surface area contributed by atoms with Gasteiger partial charge in [-0.1, -0.05) is 17.7 Å². The molecule has 4 nitrogen and oxygen atoms in total. The number of rotatable bonds is 6. The van der Waals surface area contributed by atoms with Crippen LogP contribution in [-0.2, 0) is 12.1 Å². The summed E-state index contributed by atoms with van der Waals surface area (Å²) >= 11 is 7.33. The van der Waals surface area contributed by atoms with Gasteiger partial charge < -0.3 is 15.7 Å². The summed E-state index contributed by atoms with van der Waals surface area (Å²) in [6, 6.07) is 6.44. The average molecular weight is 370 g/mol. The lowest BCUT2D eigenvalue weighted by Crippen LogP contribution is -2.44. The van der Waals surface area contributed by atoms with Gasteiger partial charge in [0.25, 0.3) is 0 Å². The number of aliphatic hydroxyl groups is 1. The zero-order valence-electron chi connectivity index (χ0n) is 13.6.